The number of benzene rings is 1. The third kappa shape index (κ3) is 3.62. The van der Waals surface area contributed by atoms with Crippen LogP contribution in [0.4, 0.5) is 4.39 Å². The Morgan fingerprint density at radius 2 is 1.95 bits per heavy atom. The first kappa shape index (κ1) is 14.9. The predicted octanol–water partition coefficient (Wildman–Crippen LogP) is 1.83. The fourth-order valence-corrected chi connectivity index (χ4v) is 4.70. The molecule has 116 valence electrons. The lowest BCUT2D eigenvalue weighted by molar-refractivity contribution is 0.278. The zero-order valence-electron chi connectivity index (χ0n) is 12.0. The molecule has 0 spiro atoms. The van der Waals surface area contributed by atoms with Gasteiger partial charge >= 0.3 is 0 Å². The maximum Gasteiger partial charge on any atom is 0.217 e. The van der Waals surface area contributed by atoms with E-state index in [1.165, 1.54) is 6.07 Å². The van der Waals surface area contributed by atoms with Crippen LogP contribution in [0, 0.1) is 5.82 Å². The summed E-state index contributed by atoms with van der Waals surface area (Å²) in [4.78, 5) is 2.21. The molecule has 0 amide bonds. The monoisotopic (exact) mass is 312 g/mol. The van der Waals surface area contributed by atoms with Crippen molar-refractivity contribution in [1.82, 2.24) is 9.21 Å². The van der Waals surface area contributed by atoms with Crippen molar-refractivity contribution in [3.8, 4) is 0 Å². The van der Waals surface area contributed by atoms with Crippen molar-refractivity contribution < 1.29 is 12.8 Å². The normalized spacial score (nSPS) is 22.1. The topological polar surface area (TPSA) is 40.6 Å². The molecule has 1 heterocycles. The van der Waals surface area contributed by atoms with Gasteiger partial charge in [-0.25, -0.2) is 17.1 Å². The Morgan fingerprint density at radius 3 is 2.67 bits per heavy atom. The van der Waals surface area contributed by atoms with Crippen molar-refractivity contribution in [3.05, 3.63) is 35.6 Å². The highest BCUT2D eigenvalue weighted by atomic mass is 32.2. The molecular formula is C15H21FN2O2S. The average molecular weight is 312 g/mol. The van der Waals surface area contributed by atoms with Gasteiger partial charge in [-0.3, -0.25) is 4.90 Å². The maximum absolute atomic E-state index is 13.2. The van der Waals surface area contributed by atoms with E-state index in [-0.39, 0.29) is 11.1 Å². The summed E-state index contributed by atoms with van der Waals surface area (Å²) in [6.07, 6.45) is 2.46. The molecule has 1 saturated heterocycles. The first-order valence-corrected chi connectivity index (χ1v) is 9.02. The molecule has 1 aromatic carbocycles. The van der Waals surface area contributed by atoms with Gasteiger partial charge in [0.15, 0.2) is 0 Å². The molecule has 1 aliphatic heterocycles. The lowest BCUT2D eigenvalue weighted by atomic mass is 10.2. The molecule has 0 aromatic heterocycles. The zero-order chi connectivity index (χ0) is 14.9. The van der Waals surface area contributed by atoms with E-state index in [2.05, 4.69) is 4.90 Å². The van der Waals surface area contributed by atoms with E-state index < -0.39 is 10.0 Å². The molecule has 0 bridgehead atoms. The number of sulfonamides is 1. The summed E-state index contributed by atoms with van der Waals surface area (Å²) < 4.78 is 39.4. The highest BCUT2D eigenvalue weighted by Crippen LogP contribution is 2.31. The second-order valence-electron chi connectivity index (χ2n) is 5.90. The van der Waals surface area contributed by atoms with Crippen molar-refractivity contribution in [2.75, 3.05) is 26.2 Å². The lowest BCUT2D eigenvalue weighted by Gasteiger charge is -2.21. The van der Waals surface area contributed by atoms with Gasteiger partial charge in [-0.1, -0.05) is 12.1 Å². The van der Waals surface area contributed by atoms with Gasteiger partial charge in [0.05, 0.1) is 5.25 Å². The van der Waals surface area contributed by atoms with E-state index in [4.69, 9.17) is 0 Å². The minimum atomic E-state index is -3.07. The van der Waals surface area contributed by atoms with Crippen LogP contribution < -0.4 is 0 Å². The number of halogens is 1. The van der Waals surface area contributed by atoms with Gasteiger partial charge in [0.2, 0.25) is 10.0 Å². The van der Waals surface area contributed by atoms with Crippen LogP contribution >= 0.6 is 0 Å². The smallest absolute Gasteiger partial charge is 0.217 e. The van der Waals surface area contributed by atoms with Gasteiger partial charge in [-0.05, 0) is 43.5 Å². The van der Waals surface area contributed by atoms with Gasteiger partial charge in [0, 0.05) is 26.2 Å². The van der Waals surface area contributed by atoms with Crippen molar-refractivity contribution in [2.24, 2.45) is 0 Å². The number of rotatable bonds is 4. The Bertz CT molecular complexity index is 601. The number of hydrogen-bond donors (Lipinski definition) is 0. The Balaban J connectivity index is 1.60. The van der Waals surface area contributed by atoms with Crippen LogP contribution in [-0.4, -0.2) is 49.1 Å². The van der Waals surface area contributed by atoms with Crippen molar-refractivity contribution in [2.45, 2.75) is 31.1 Å². The molecule has 1 aromatic rings. The van der Waals surface area contributed by atoms with Crippen LogP contribution in [0.15, 0.2) is 24.3 Å². The molecule has 21 heavy (non-hydrogen) atoms. The Labute approximate surface area is 125 Å². The fraction of sp³-hybridized carbons (Fsp3) is 0.600. The molecule has 1 aliphatic carbocycles. The largest absolute Gasteiger partial charge is 0.298 e. The second kappa shape index (κ2) is 6.02. The predicted molar refractivity (Wildman–Crippen MR) is 79.8 cm³/mol. The van der Waals surface area contributed by atoms with E-state index in [0.29, 0.717) is 26.2 Å². The molecular weight excluding hydrogens is 291 g/mol. The molecule has 0 unspecified atom stereocenters. The van der Waals surface area contributed by atoms with Crippen LogP contribution in [-0.2, 0) is 16.6 Å². The zero-order valence-corrected chi connectivity index (χ0v) is 12.9. The van der Waals surface area contributed by atoms with Crippen LogP contribution in [0.5, 0.6) is 0 Å². The summed E-state index contributed by atoms with van der Waals surface area (Å²) in [5.74, 6) is -0.222. The summed E-state index contributed by atoms with van der Waals surface area (Å²) in [5.41, 5.74) is 0.938. The van der Waals surface area contributed by atoms with Crippen LogP contribution in [0.25, 0.3) is 0 Å². The Hall–Kier alpha value is -0.980. The van der Waals surface area contributed by atoms with Gasteiger partial charge in [-0.2, -0.15) is 0 Å². The highest BCUT2D eigenvalue weighted by molar-refractivity contribution is 7.90. The average Bonchev–Trinajstić information content (AvgIpc) is 3.26. The summed E-state index contributed by atoms with van der Waals surface area (Å²) in [5, 5.41) is -0.132. The Morgan fingerprint density at radius 1 is 1.14 bits per heavy atom. The first-order valence-electron chi connectivity index (χ1n) is 7.51. The van der Waals surface area contributed by atoms with E-state index in [1.54, 1.807) is 16.4 Å². The minimum absolute atomic E-state index is 0.132. The van der Waals surface area contributed by atoms with Crippen LogP contribution in [0.1, 0.15) is 24.8 Å². The van der Waals surface area contributed by atoms with E-state index in [1.807, 2.05) is 6.07 Å². The molecule has 0 atom stereocenters. The van der Waals surface area contributed by atoms with Crippen molar-refractivity contribution in [1.29, 1.82) is 0 Å². The second-order valence-corrected chi connectivity index (χ2v) is 8.12. The van der Waals surface area contributed by atoms with Gasteiger partial charge in [-0.15, -0.1) is 0 Å². The molecule has 0 radical (unpaired) electrons. The number of hydrogen-bond acceptors (Lipinski definition) is 3. The SMILES string of the molecule is O=S(=O)(C1CC1)N1CCCN(Cc2cccc(F)c2)CC1. The van der Waals surface area contributed by atoms with Crippen molar-refractivity contribution >= 4 is 10.0 Å². The quantitative estimate of drug-likeness (QED) is 0.851. The molecule has 2 aliphatic rings. The summed E-state index contributed by atoms with van der Waals surface area (Å²) in [7, 11) is -3.07. The lowest BCUT2D eigenvalue weighted by Crippen LogP contribution is -2.37. The highest BCUT2D eigenvalue weighted by Gasteiger charge is 2.40. The van der Waals surface area contributed by atoms with E-state index in [0.717, 1.165) is 31.4 Å². The van der Waals surface area contributed by atoms with E-state index in [9.17, 15) is 12.8 Å². The fourth-order valence-electron chi connectivity index (χ4n) is 2.83. The van der Waals surface area contributed by atoms with Crippen LogP contribution in [0.2, 0.25) is 0 Å². The molecule has 3 rings (SSSR count). The summed E-state index contributed by atoms with van der Waals surface area (Å²) in [6, 6.07) is 6.61. The molecule has 0 N–H and O–H groups in total. The van der Waals surface area contributed by atoms with Crippen molar-refractivity contribution in [3.63, 3.8) is 0 Å². The third-order valence-electron chi connectivity index (χ3n) is 4.15. The first-order chi connectivity index (χ1) is 10.1. The molecule has 6 heteroatoms. The van der Waals surface area contributed by atoms with Gasteiger partial charge < -0.3 is 0 Å². The van der Waals surface area contributed by atoms with E-state index >= 15 is 0 Å². The van der Waals surface area contributed by atoms with Gasteiger partial charge in [0.25, 0.3) is 0 Å². The Kier molecular flexibility index (Phi) is 4.28. The maximum atomic E-state index is 13.2. The van der Waals surface area contributed by atoms with Gasteiger partial charge in [0.1, 0.15) is 5.82 Å². The molecule has 2 fully saturated rings. The summed E-state index contributed by atoms with van der Waals surface area (Å²) >= 11 is 0. The number of nitrogens with zero attached hydrogens (tertiary/aromatic N) is 2. The molecule has 1 saturated carbocycles. The summed E-state index contributed by atoms with van der Waals surface area (Å²) in [6.45, 7) is 3.40. The minimum Gasteiger partial charge on any atom is -0.298 e. The standard InChI is InChI=1S/C15H21FN2O2S/c16-14-4-1-3-13(11-14)12-17-7-2-8-18(10-9-17)21(19,20)15-5-6-15/h1,3-4,11,15H,2,5-10,12H2. The van der Waals surface area contributed by atoms with Crippen LogP contribution in [0.3, 0.4) is 0 Å². The molecule has 4 nitrogen and oxygen atoms in total. The third-order valence-corrected chi connectivity index (χ3v) is 6.55.